The van der Waals surface area contributed by atoms with E-state index in [4.69, 9.17) is 25.8 Å². The maximum absolute atomic E-state index is 12.6. The molecule has 0 bridgehead atoms. The molecule has 4 aromatic heterocycles. The van der Waals surface area contributed by atoms with E-state index < -0.39 is 12.8 Å². The van der Waals surface area contributed by atoms with Gasteiger partial charge in [-0.15, -0.1) is 0 Å². The number of methoxy groups -OCH3 is 2. The van der Waals surface area contributed by atoms with Crippen LogP contribution in [0.4, 0.5) is 13.2 Å². The second kappa shape index (κ2) is 8.84. The summed E-state index contributed by atoms with van der Waals surface area (Å²) in [5.41, 5.74) is 3.28. The second-order valence-corrected chi connectivity index (χ2v) is 8.26. The Labute approximate surface area is 201 Å². The van der Waals surface area contributed by atoms with Crippen molar-refractivity contribution in [3.63, 3.8) is 0 Å². The number of ether oxygens (including phenoxy) is 3. The Kier molecular flexibility index (Phi) is 5.83. The molecule has 0 saturated heterocycles. The van der Waals surface area contributed by atoms with Gasteiger partial charge in [-0.1, -0.05) is 11.6 Å². The van der Waals surface area contributed by atoms with Gasteiger partial charge in [-0.05, 0) is 18.4 Å². The zero-order valence-corrected chi connectivity index (χ0v) is 19.2. The molecule has 4 aromatic rings. The van der Waals surface area contributed by atoms with Gasteiger partial charge in [0.25, 0.3) is 0 Å². The summed E-state index contributed by atoms with van der Waals surface area (Å²) in [5, 5.41) is 4.62. The molecule has 35 heavy (non-hydrogen) atoms. The normalized spacial score (nSPS) is 17.4. The highest BCUT2D eigenvalue weighted by Crippen LogP contribution is 2.55. The van der Waals surface area contributed by atoms with Crippen LogP contribution in [-0.4, -0.2) is 56.6 Å². The van der Waals surface area contributed by atoms with E-state index in [-0.39, 0.29) is 28.6 Å². The average molecular weight is 507 g/mol. The average Bonchev–Trinajstić information content (AvgIpc) is 3.49. The molecule has 182 valence electrons. The zero-order valence-electron chi connectivity index (χ0n) is 18.5. The van der Waals surface area contributed by atoms with Gasteiger partial charge in [-0.3, -0.25) is 4.98 Å². The van der Waals surface area contributed by atoms with Crippen molar-refractivity contribution in [2.45, 2.75) is 24.4 Å². The van der Waals surface area contributed by atoms with Crippen molar-refractivity contribution in [1.29, 1.82) is 0 Å². The van der Waals surface area contributed by atoms with Crippen LogP contribution in [0.5, 0.6) is 17.6 Å². The number of nitrogens with zero attached hydrogens (tertiary/aromatic N) is 6. The molecule has 0 unspecified atom stereocenters. The molecule has 9 nitrogen and oxygen atoms in total. The highest BCUT2D eigenvalue weighted by Gasteiger charge is 2.43. The highest BCUT2D eigenvalue weighted by molar-refractivity contribution is 6.31. The van der Waals surface area contributed by atoms with Crippen molar-refractivity contribution >= 4 is 17.2 Å². The van der Waals surface area contributed by atoms with E-state index in [1.165, 1.54) is 26.5 Å². The van der Waals surface area contributed by atoms with Gasteiger partial charge < -0.3 is 14.2 Å². The number of fused-ring (bicyclic) bond motifs is 1. The molecule has 0 spiro atoms. The van der Waals surface area contributed by atoms with E-state index in [1.807, 2.05) is 6.07 Å². The van der Waals surface area contributed by atoms with Gasteiger partial charge >= 0.3 is 12.2 Å². The quantitative estimate of drug-likeness (QED) is 0.362. The molecule has 13 heteroatoms. The summed E-state index contributed by atoms with van der Waals surface area (Å²) in [6, 6.07) is 3.51. The van der Waals surface area contributed by atoms with Crippen molar-refractivity contribution in [1.82, 2.24) is 29.5 Å². The first-order chi connectivity index (χ1) is 16.8. The smallest absolute Gasteiger partial charge is 0.422 e. The monoisotopic (exact) mass is 506 g/mol. The van der Waals surface area contributed by atoms with Crippen LogP contribution >= 0.6 is 11.6 Å². The van der Waals surface area contributed by atoms with Crippen molar-refractivity contribution < 1.29 is 27.4 Å². The molecule has 1 saturated carbocycles. The minimum atomic E-state index is -4.47. The van der Waals surface area contributed by atoms with Crippen LogP contribution in [0.3, 0.4) is 0 Å². The van der Waals surface area contributed by atoms with Crippen molar-refractivity contribution in [2.24, 2.45) is 0 Å². The molecule has 0 aromatic carbocycles. The summed E-state index contributed by atoms with van der Waals surface area (Å²) in [4.78, 5) is 17.1. The maximum atomic E-state index is 12.6. The Morgan fingerprint density at radius 3 is 2.66 bits per heavy atom. The molecular formula is C22H18ClF3N6O3. The predicted molar refractivity (Wildman–Crippen MR) is 118 cm³/mol. The predicted octanol–water partition coefficient (Wildman–Crippen LogP) is 4.46. The lowest BCUT2D eigenvalue weighted by atomic mass is 10.1. The van der Waals surface area contributed by atoms with Crippen LogP contribution in [-0.2, 0) is 0 Å². The maximum Gasteiger partial charge on any atom is 0.422 e. The summed E-state index contributed by atoms with van der Waals surface area (Å²) >= 11 is 6.00. The second-order valence-electron chi connectivity index (χ2n) is 7.85. The summed E-state index contributed by atoms with van der Waals surface area (Å²) in [7, 11) is 2.95. The van der Waals surface area contributed by atoms with Crippen LogP contribution in [0.15, 0.2) is 36.9 Å². The summed E-state index contributed by atoms with van der Waals surface area (Å²) in [6.07, 6.45) is 2.48. The molecule has 0 N–H and O–H groups in total. The Morgan fingerprint density at radius 2 is 1.91 bits per heavy atom. The van der Waals surface area contributed by atoms with Crippen LogP contribution < -0.4 is 14.2 Å². The van der Waals surface area contributed by atoms with Gasteiger partial charge in [0.15, 0.2) is 12.3 Å². The third-order valence-electron chi connectivity index (χ3n) is 5.57. The number of alkyl halides is 3. The fourth-order valence-electron chi connectivity index (χ4n) is 3.90. The third kappa shape index (κ3) is 4.65. The Balaban J connectivity index is 1.48. The molecule has 1 aliphatic carbocycles. The first-order valence-corrected chi connectivity index (χ1v) is 10.8. The third-order valence-corrected chi connectivity index (χ3v) is 5.86. The lowest BCUT2D eigenvalue weighted by molar-refractivity contribution is -0.153. The first kappa shape index (κ1) is 23.1. The molecule has 1 aliphatic rings. The van der Waals surface area contributed by atoms with E-state index in [2.05, 4.69) is 25.0 Å². The molecule has 2 atom stereocenters. The number of halogens is 4. The van der Waals surface area contributed by atoms with E-state index in [1.54, 1.807) is 23.1 Å². The standard InChI is InChI=1S/C22H18ClF3N6O3/c1-33-20-14(8-29-21(30-20)34-2)17-6-13(19-27-3-4-32(19)31-17)11-5-12(11)16-7-18(15(23)9-28-16)35-10-22(24,25)26/h3-4,6-9,11-12H,5,10H2,1-2H3/t11-,12-/m0/s1. The first-order valence-electron chi connectivity index (χ1n) is 10.4. The number of aromatic nitrogens is 6. The van der Waals surface area contributed by atoms with Crippen molar-refractivity contribution in [3.8, 4) is 28.9 Å². The minimum Gasteiger partial charge on any atom is -0.482 e. The van der Waals surface area contributed by atoms with Gasteiger partial charge in [0, 0.05) is 48.0 Å². The molecule has 0 radical (unpaired) electrons. The van der Waals surface area contributed by atoms with Crippen LogP contribution in [0.25, 0.3) is 16.9 Å². The fraction of sp³-hybridized carbons (Fsp3) is 0.318. The largest absolute Gasteiger partial charge is 0.482 e. The van der Waals surface area contributed by atoms with Gasteiger partial charge in [0.2, 0.25) is 5.88 Å². The fourth-order valence-corrected chi connectivity index (χ4v) is 4.06. The van der Waals surface area contributed by atoms with E-state index >= 15 is 0 Å². The van der Waals surface area contributed by atoms with E-state index in [0.717, 1.165) is 12.0 Å². The molecular weight excluding hydrogens is 489 g/mol. The van der Waals surface area contributed by atoms with Crippen molar-refractivity contribution in [2.75, 3.05) is 20.8 Å². The molecule has 0 amide bonds. The van der Waals surface area contributed by atoms with Gasteiger partial charge in [0.05, 0.1) is 25.5 Å². The lowest BCUT2D eigenvalue weighted by Gasteiger charge is -2.12. The van der Waals surface area contributed by atoms with Gasteiger partial charge in [-0.25, -0.2) is 14.5 Å². The van der Waals surface area contributed by atoms with Crippen LogP contribution in [0.2, 0.25) is 5.02 Å². The number of imidazole rings is 1. The number of hydrogen-bond donors (Lipinski definition) is 0. The minimum absolute atomic E-state index is 0.0101. The van der Waals surface area contributed by atoms with Crippen LogP contribution in [0, 0.1) is 0 Å². The Bertz CT molecular complexity index is 1400. The molecule has 4 heterocycles. The highest BCUT2D eigenvalue weighted by atomic mass is 35.5. The zero-order chi connectivity index (χ0) is 24.7. The van der Waals surface area contributed by atoms with Crippen LogP contribution in [0.1, 0.15) is 29.5 Å². The number of rotatable bonds is 7. The number of pyridine rings is 1. The van der Waals surface area contributed by atoms with E-state index in [0.29, 0.717) is 28.5 Å². The van der Waals surface area contributed by atoms with Gasteiger partial charge in [-0.2, -0.15) is 23.3 Å². The Morgan fingerprint density at radius 1 is 1.09 bits per heavy atom. The summed E-state index contributed by atoms with van der Waals surface area (Å²) < 4.78 is 54.8. The SMILES string of the molecule is COc1ncc(-c2cc([C@H]3C[C@@H]3c3cc(OCC(F)(F)F)c(Cl)cn3)c3nccn3n2)c(OC)n1. The molecule has 1 fully saturated rings. The lowest BCUT2D eigenvalue weighted by Crippen LogP contribution is -2.19. The van der Waals surface area contributed by atoms with E-state index in [9.17, 15) is 13.2 Å². The summed E-state index contributed by atoms with van der Waals surface area (Å²) in [5.74, 6) is 0.204. The summed E-state index contributed by atoms with van der Waals surface area (Å²) in [6.45, 7) is -1.43. The van der Waals surface area contributed by atoms with Crippen molar-refractivity contribution in [3.05, 3.63) is 53.2 Å². The topological polar surface area (TPSA) is 96.6 Å². The molecule has 0 aliphatic heterocycles. The molecule has 5 rings (SSSR count). The Hall–Kier alpha value is -3.67. The van der Waals surface area contributed by atoms with Gasteiger partial charge in [0.1, 0.15) is 10.8 Å². The number of hydrogen-bond acceptors (Lipinski definition) is 8.